The zero-order chi connectivity index (χ0) is 23.4. The van der Waals surface area contributed by atoms with E-state index in [4.69, 9.17) is 0 Å². The van der Waals surface area contributed by atoms with Gasteiger partial charge in [-0.25, -0.2) is 8.42 Å². The molecule has 2 amide bonds. The second-order valence-electron chi connectivity index (χ2n) is 7.73. The van der Waals surface area contributed by atoms with Crippen LogP contribution in [0.1, 0.15) is 26.3 Å². The zero-order valence-electron chi connectivity index (χ0n) is 18.1. The lowest BCUT2D eigenvalue weighted by molar-refractivity contribution is 0.0697. The van der Waals surface area contributed by atoms with Crippen molar-refractivity contribution in [2.75, 3.05) is 31.5 Å². The zero-order valence-corrected chi connectivity index (χ0v) is 19.0. The highest BCUT2D eigenvalue weighted by molar-refractivity contribution is 7.89. The summed E-state index contributed by atoms with van der Waals surface area (Å²) >= 11 is 0. The van der Waals surface area contributed by atoms with Gasteiger partial charge in [0.15, 0.2) is 0 Å². The molecule has 1 aliphatic heterocycles. The van der Waals surface area contributed by atoms with Crippen molar-refractivity contribution in [3.63, 3.8) is 0 Å². The number of hydrogen-bond acceptors (Lipinski definition) is 5. The molecule has 170 valence electrons. The number of carbonyl (C=O) groups is 2. The van der Waals surface area contributed by atoms with Gasteiger partial charge in [0.2, 0.25) is 10.0 Å². The Balaban J connectivity index is 1.44. The van der Waals surface area contributed by atoms with Crippen molar-refractivity contribution in [1.29, 1.82) is 0 Å². The Kier molecular flexibility index (Phi) is 6.52. The molecular formula is C24H24N4O4S. The molecule has 0 unspecified atom stereocenters. The fraction of sp³-hybridized carbons (Fsp3) is 0.208. The average molecular weight is 465 g/mol. The number of carbonyl (C=O) groups excluding carboxylic acids is 2. The summed E-state index contributed by atoms with van der Waals surface area (Å²) in [7, 11) is -3.64. The van der Waals surface area contributed by atoms with Crippen LogP contribution in [0.4, 0.5) is 5.69 Å². The molecule has 4 rings (SSSR count). The number of aryl methyl sites for hydroxylation is 1. The normalized spacial score (nSPS) is 14.6. The van der Waals surface area contributed by atoms with E-state index in [0.29, 0.717) is 16.8 Å². The first-order valence-electron chi connectivity index (χ1n) is 10.5. The number of rotatable bonds is 5. The highest BCUT2D eigenvalue weighted by Gasteiger charge is 2.30. The van der Waals surface area contributed by atoms with E-state index in [-0.39, 0.29) is 42.9 Å². The second-order valence-corrected chi connectivity index (χ2v) is 9.67. The number of pyridine rings is 1. The van der Waals surface area contributed by atoms with Gasteiger partial charge >= 0.3 is 0 Å². The maximum atomic E-state index is 13.1. The molecule has 0 aliphatic carbocycles. The molecule has 1 aliphatic rings. The molecular weight excluding hydrogens is 440 g/mol. The van der Waals surface area contributed by atoms with Crippen molar-refractivity contribution in [2.45, 2.75) is 11.8 Å². The first-order valence-corrected chi connectivity index (χ1v) is 12.0. The van der Waals surface area contributed by atoms with Crippen LogP contribution in [0.3, 0.4) is 0 Å². The second kappa shape index (κ2) is 9.51. The van der Waals surface area contributed by atoms with E-state index >= 15 is 0 Å². The molecule has 0 spiro atoms. The van der Waals surface area contributed by atoms with Crippen LogP contribution in [-0.4, -0.2) is 60.6 Å². The third-order valence-corrected chi connectivity index (χ3v) is 7.45. The number of nitrogens with one attached hydrogen (secondary N) is 1. The standard InChI is InChI=1S/C24H24N4O4S/c1-18-9-10-20(16-22(18)26-23(29)19-6-3-2-4-7-19)24(30)27-12-14-28(15-13-27)33(31,32)21-8-5-11-25-17-21/h2-11,16-17H,12-15H2,1H3,(H,26,29). The molecule has 3 aromatic rings. The lowest BCUT2D eigenvalue weighted by Gasteiger charge is -2.34. The molecule has 2 aromatic carbocycles. The summed E-state index contributed by atoms with van der Waals surface area (Å²) in [5.41, 5.74) is 2.36. The minimum Gasteiger partial charge on any atom is -0.336 e. The fourth-order valence-corrected chi connectivity index (χ4v) is 5.02. The molecule has 0 atom stereocenters. The van der Waals surface area contributed by atoms with Gasteiger partial charge in [-0.15, -0.1) is 0 Å². The lowest BCUT2D eigenvalue weighted by Crippen LogP contribution is -2.50. The van der Waals surface area contributed by atoms with E-state index in [9.17, 15) is 18.0 Å². The first kappa shape index (κ1) is 22.6. The van der Waals surface area contributed by atoms with Gasteiger partial charge in [-0.2, -0.15) is 4.31 Å². The summed E-state index contributed by atoms with van der Waals surface area (Å²) in [5.74, 6) is -0.457. The monoisotopic (exact) mass is 464 g/mol. The number of hydrogen-bond donors (Lipinski definition) is 1. The van der Waals surface area contributed by atoms with Gasteiger partial charge in [-0.3, -0.25) is 14.6 Å². The lowest BCUT2D eigenvalue weighted by atomic mass is 10.1. The summed E-state index contributed by atoms with van der Waals surface area (Å²) in [6, 6.07) is 17.1. The van der Waals surface area contributed by atoms with Crippen molar-refractivity contribution in [3.05, 3.63) is 89.7 Å². The van der Waals surface area contributed by atoms with E-state index < -0.39 is 10.0 Å². The number of benzene rings is 2. The predicted octanol–water partition coefficient (Wildman–Crippen LogP) is 2.79. The largest absolute Gasteiger partial charge is 0.336 e. The van der Waals surface area contributed by atoms with E-state index in [0.717, 1.165) is 5.56 Å². The number of anilines is 1. The molecule has 0 saturated carbocycles. The Bertz CT molecular complexity index is 1260. The molecule has 2 heterocycles. The Morgan fingerprint density at radius 1 is 0.909 bits per heavy atom. The highest BCUT2D eigenvalue weighted by atomic mass is 32.2. The summed E-state index contributed by atoms with van der Waals surface area (Å²) in [4.78, 5) is 31.3. The SMILES string of the molecule is Cc1ccc(C(=O)N2CCN(S(=O)(=O)c3cccnc3)CC2)cc1NC(=O)c1ccccc1. The van der Waals surface area contributed by atoms with Crippen LogP contribution in [0.5, 0.6) is 0 Å². The molecule has 1 aromatic heterocycles. The van der Waals surface area contributed by atoms with Crippen LogP contribution < -0.4 is 5.32 Å². The van der Waals surface area contributed by atoms with Gasteiger partial charge in [-0.1, -0.05) is 24.3 Å². The third-order valence-electron chi connectivity index (χ3n) is 5.57. The van der Waals surface area contributed by atoms with Crippen LogP contribution in [0.15, 0.2) is 78.0 Å². The summed E-state index contributed by atoms with van der Waals surface area (Å²) < 4.78 is 26.9. The molecule has 0 bridgehead atoms. The van der Waals surface area contributed by atoms with Crippen LogP contribution in [-0.2, 0) is 10.0 Å². The van der Waals surface area contributed by atoms with Gasteiger partial charge in [0.1, 0.15) is 4.90 Å². The summed E-state index contributed by atoms with van der Waals surface area (Å²) in [5, 5.41) is 2.87. The maximum Gasteiger partial charge on any atom is 0.255 e. The average Bonchev–Trinajstić information content (AvgIpc) is 2.86. The van der Waals surface area contributed by atoms with Crippen molar-refractivity contribution in [2.24, 2.45) is 0 Å². The van der Waals surface area contributed by atoms with E-state index in [1.54, 1.807) is 53.4 Å². The van der Waals surface area contributed by atoms with E-state index in [1.165, 1.54) is 22.8 Å². The van der Waals surface area contributed by atoms with Gasteiger partial charge in [0, 0.05) is 55.4 Å². The topological polar surface area (TPSA) is 99.7 Å². The van der Waals surface area contributed by atoms with Crippen LogP contribution >= 0.6 is 0 Å². The molecule has 8 nitrogen and oxygen atoms in total. The number of sulfonamides is 1. The van der Waals surface area contributed by atoms with Crippen molar-refractivity contribution < 1.29 is 18.0 Å². The summed E-state index contributed by atoms with van der Waals surface area (Å²) in [6.07, 6.45) is 2.85. The quantitative estimate of drug-likeness (QED) is 0.626. The Morgan fingerprint density at radius 2 is 1.64 bits per heavy atom. The molecule has 33 heavy (non-hydrogen) atoms. The first-order chi connectivity index (χ1) is 15.9. The number of piperazine rings is 1. The molecule has 9 heteroatoms. The minimum atomic E-state index is -3.64. The molecule has 1 N–H and O–H groups in total. The van der Waals surface area contributed by atoms with Crippen LogP contribution in [0.2, 0.25) is 0 Å². The van der Waals surface area contributed by atoms with Crippen LogP contribution in [0.25, 0.3) is 0 Å². The Morgan fingerprint density at radius 3 is 2.30 bits per heavy atom. The Hall–Kier alpha value is -3.56. The summed E-state index contributed by atoms with van der Waals surface area (Å²) in [6.45, 7) is 2.81. The predicted molar refractivity (Wildman–Crippen MR) is 124 cm³/mol. The van der Waals surface area contributed by atoms with Crippen molar-refractivity contribution in [3.8, 4) is 0 Å². The molecule has 1 saturated heterocycles. The third kappa shape index (κ3) is 4.94. The maximum absolute atomic E-state index is 13.1. The van der Waals surface area contributed by atoms with Gasteiger partial charge in [0.05, 0.1) is 0 Å². The number of amides is 2. The minimum absolute atomic E-state index is 0.141. The van der Waals surface area contributed by atoms with E-state index in [2.05, 4.69) is 10.3 Å². The van der Waals surface area contributed by atoms with Crippen molar-refractivity contribution in [1.82, 2.24) is 14.2 Å². The molecule has 1 fully saturated rings. The van der Waals surface area contributed by atoms with Gasteiger partial charge in [0.25, 0.3) is 11.8 Å². The van der Waals surface area contributed by atoms with Gasteiger partial charge in [-0.05, 0) is 48.9 Å². The Labute approximate surface area is 192 Å². The smallest absolute Gasteiger partial charge is 0.255 e. The number of aromatic nitrogens is 1. The molecule has 0 radical (unpaired) electrons. The fourth-order valence-electron chi connectivity index (χ4n) is 3.64. The van der Waals surface area contributed by atoms with Gasteiger partial charge < -0.3 is 10.2 Å². The number of nitrogens with zero attached hydrogens (tertiary/aromatic N) is 3. The van der Waals surface area contributed by atoms with Crippen molar-refractivity contribution >= 4 is 27.5 Å². The van der Waals surface area contributed by atoms with E-state index in [1.807, 2.05) is 13.0 Å². The van der Waals surface area contributed by atoms with Crippen LogP contribution in [0, 0.1) is 6.92 Å². The highest BCUT2D eigenvalue weighted by Crippen LogP contribution is 2.21.